The second-order valence-electron chi connectivity index (χ2n) is 4.86. The van der Waals surface area contributed by atoms with Crippen molar-refractivity contribution in [2.24, 2.45) is 0 Å². The molecule has 0 atom stereocenters. The molecule has 0 bridgehead atoms. The number of anilines is 2. The lowest BCUT2D eigenvalue weighted by atomic mass is 10.0. The van der Waals surface area contributed by atoms with Crippen LogP contribution in [0.5, 0.6) is 0 Å². The number of methoxy groups -OCH3 is 1. The summed E-state index contributed by atoms with van der Waals surface area (Å²) in [6, 6.07) is 16.2. The molecule has 0 aliphatic heterocycles. The summed E-state index contributed by atoms with van der Waals surface area (Å²) < 4.78 is 4.97. The van der Waals surface area contributed by atoms with Crippen LogP contribution in [0.2, 0.25) is 0 Å². The topological polar surface area (TPSA) is 50.4 Å². The van der Waals surface area contributed by atoms with Gasteiger partial charge in [-0.3, -0.25) is 4.79 Å². The number of hydrogen-bond acceptors (Lipinski definition) is 3. The maximum absolute atomic E-state index is 11.0. The third-order valence-corrected chi connectivity index (χ3v) is 3.06. The van der Waals surface area contributed by atoms with Crippen LogP contribution in [-0.2, 0) is 16.0 Å². The summed E-state index contributed by atoms with van der Waals surface area (Å²) in [5, 5.41) is 5.91. The van der Waals surface area contributed by atoms with E-state index in [9.17, 15) is 4.79 Å². The molecule has 2 aromatic carbocycles. The molecule has 2 rings (SSSR count). The number of benzene rings is 2. The van der Waals surface area contributed by atoms with Crippen molar-refractivity contribution in [3.8, 4) is 0 Å². The first kappa shape index (κ1) is 15.1. The molecule has 21 heavy (non-hydrogen) atoms. The standard InChI is InChI=1S/C17H20N2O2/c1-13(20)19-17-9-5-15(6-10-17)11-14-3-7-16(8-4-14)18-12-21-2/h3-10,18H,11-12H2,1-2H3,(H,19,20). The summed E-state index contributed by atoms with van der Waals surface area (Å²) in [7, 11) is 1.66. The summed E-state index contributed by atoms with van der Waals surface area (Å²) in [6.07, 6.45) is 0.866. The largest absolute Gasteiger partial charge is 0.365 e. The van der Waals surface area contributed by atoms with E-state index in [4.69, 9.17) is 4.74 Å². The van der Waals surface area contributed by atoms with Crippen molar-refractivity contribution < 1.29 is 9.53 Å². The Balaban J connectivity index is 1.96. The monoisotopic (exact) mass is 284 g/mol. The van der Waals surface area contributed by atoms with Gasteiger partial charge in [-0.25, -0.2) is 0 Å². The highest BCUT2D eigenvalue weighted by atomic mass is 16.5. The molecule has 1 amide bonds. The highest BCUT2D eigenvalue weighted by Crippen LogP contribution is 2.15. The molecule has 110 valence electrons. The van der Waals surface area contributed by atoms with Crippen LogP contribution in [0.25, 0.3) is 0 Å². The fourth-order valence-corrected chi connectivity index (χ4v) is 2.04. The van der Waals surface area contributed by atoms with Gasteiger partial charge in [-0.05, 0) is 41.8 Å². The van der Waals surface area contributed by atoms with Crippen molar-refractivity contribution in [3.63, 3.8) is 0 Å². The highest BCUT2D eigenvalue weighted by molar-refractivity contribution is 5.88. The van der Waals surface area contributed by atoms with E-state index < -0.39 is 0 Å². The molecule has 0 heterocycles. The average Bonchev–Trinajstić information content (AvgIpc) is 2.48. The molecule has 0 unspecified atom stereocenters. The zero-order chi connectivity index (χ0) is 15.1. The van der Waals surface area contributed by atoms with E-state index in [0.29, 0.717) is 6.73 Å². The van der Waals surface area contributed by atoms with E-state index >= 15 is 0 Å². The number of rotatable bonds is 6. The Kier molecular flexibility index (Phi) is 5.35. The van der Waals surface area contributed by atoms with Gasteiger partial charge in [-0.2, -0.15) is 0 Å². The van der Waals surface area contributed by atoms with Crippen LogP contribution in [0, 0.1) is 0 Å². The first-order valence-corrected chi connectivity index (χ1v) is 6.85. The van der Waals surface area contributed by atoms with Gasteiger partial charge in [0, 0.05) is 25.4 Å². The third-order valence-electron chi connectivity index (χ3n) is 3.06. The van der Waals surface area contributed by atoms with Crippen LogP contribution in [0.1, 0.15) is 18.1 Å². The van der Waals surface area contributed by atoms with E-state index in [1.165, 1.54) is 18.1 Å². The minimum absolute atomic E-state index is 0.0538. The first-order chi connectivity index (χ1) is 10.2. The molecule has 0 fully saturated rings. The Morgan fingerprint density at radius 1 is 0.952 bits per heavy atom. The normalized spacial score (nSPS) is 10.2. The lowest BCUT2D eigenvalue weighted by Gasteiger charge is -2.07. The van der Waals surface area contributed by atoms with Gasteiger partial charge in [0.15, 0.2) is 0 Å². The maximum Gasteiger partial charge on any atom is 0.221 e. The minimum Gasteiger partial charge on any atom is -0.365 e. The summed E-state index contributed by atoms with van der Waals surface area (Å²) in [6.45, 7) is 2.01. The molecular weight excluding hydrogens is 264 g/mol. The second kappa shape index (κ2) is 7.45. The second-order valence-corrected chi connectivity index (χ2v) is 4.86. The highest BCUT2D eigenvalue weighted by Gasteiger charge is 1.99. The van der Waals surface area contributed by atoms with Gasteiger partial charge in [-0.1, -0.05) is 24.3 Å². The smallest absolute Gasteiger partial charge is 0.221 e. The average molecular weight is 284 g/mol. The molecule has 4 heteroatoms. The molecule has 0 saturated heterocycles. The van der Waals surface area contributed by atoms with Crippen molar-refractivity contribution in [1.82, 2.24) is 0 Å². The number of amides is 1. The molecule has 0 aliphatic carbocycles. The molecule has 2 aromatic rings. The molecule has 4 nitrogen and oxygen atoms in total. The van der Waals surface area contributed by atoms with Crippen molar-refractivity contribution >= 4 is 17.3 Å². The van der Waals surface area contributed by atoms with E-state index in [-0.39, 0.29) is 5.91 Å². The summed E-state index contributed by atoms with van der Waals surface area (Å²) >= 11 is 0. The fourth-order valence-electron chi connectivity index (χ4n) is 2.04. The Bertz CT molecular complexity index is 577. The van der Waals surface area contributed by atoms with Crippen LogP contribution >= 0.6 is 0 Å². The number of nitrogens with one attached hydrogen (secondary N) is 2. The van der Waals surface area contributed by atoms with Crippen LogP contribution in [0.4, 0.5) is 11.4 Å². The van der Waals surface area contributed by atoms with Gasteiger partial charge in [0.1, 0.15) is 6.73 Å². The van der Waals surface area contributed by atoms with Crippen LogP contribution in [0.3, 0.4) is 0 Å². The third kappa shape index (κ3) is 4.93. The van der Waals surface area contributed by atoms with Crippen molar-refractivity contribution in [3.05, 3.63) is 59.7 Å². The molecule has 0 saturated carbocycles. The van der Waals surface area contributed by atoms with Crippen molar-refractivity contribution in [2.45, 2.75) is 13.3 Å². The van der Waals surface area contributed by atoms with Crippen LogP contribution in [0.15, 0.2) is 48.5 Å². The Hall–Kier alpha value is -2.33. The summed E-state index contributed by atoms with van der Waals surface area (Å²) in [5.74, 6) is -0.0538. The van der Waals surface area contributed by atoms with Gasteiger partial charge in [0.25, 0.3) is 0 Å². The molecule has 0 spiro atoms. The Morgan fingerprint density at radius 3 is 1.95 bits per heavy atom. The first-order valence-electron chi connectivity index (χ1n) is 6.85. The van der Waals surface area contributed by atoms with E-state index in [1.54, 1.807) is 7.11 Å². The molecular formula is C17H20N2O2. The Morgan fingerprint density at radius 2 is 1.48 bits per heavy atom. The van der Waals surface area contributed by atoms with Gasteiger partial charge < -0.3 is 15.4 Å². The van der Waals surface area contributed by atoms with Crippen LogP contribution in [-0.4, -0.2) is 19.7 Å². The number of carbonyl (C=O) groups excluding carboxylic acids is 1. The molecule has 0 aliphatic rings. The van der Waals surface area contributed by atoms with Gasteiger partial charge in [0.2, 0.25) is 5.91 Å². The van der Waals surface area contributed by atoms with E-state index in [1.807, 2.05) is 36.4 Å². The lowest BCUT2D eigenvalue weighted by molar-refractivity contribution is -0.114. The van der Waals surface area contributed by atoms with E-state index in [0.717, 1.165) is 17.8 Å². The Labute approximate surface area is 125 Å². The number of hydrogen-bond donors (Lipinski definition) is 2. The maximum atomic E-state index is 11.0. The zero-order valence-corrected chi connectivity index (χ0v) is 12.3. The fraction of sp³-hybridized carbons (Fsp3) is 0.235. The van der Waals surface area contributed by atoms with Crippen LogP contribution < -0.4 is 10.6 Å². The zero-order valence-electron chi connectivity index (χ0n) is 12.3. The number of ether oxygens (including phenoxy) is 1. The van der Waals surface area contributed by atoms with Gasteiger partial charge >= 0.3 is 0 Å². The number of carbonyl (C=O) groups is 1. The van der Waals surface area contributed by atoms with E-state index in [2.05, 4.69) is 22.8 Å². The van der Waals surface area contributed by atoms with Gasteiger partial charge in [-0.15, -0.1) is 0 Å². The summed E-state index contributed by atoms with van der Waals surface area (Å²) in [4.78, 5) is 11.0. The predicted octanol–water partition coefficient (Wildman–Crippen LogP) is 3.25. The SMILES string of the molecule is COCNc1ccc(Cc2ccc(NC(C)=O)cc2)cc1. The predicted molar refractivity (Wildman–Crippen MR) is 85.5 cm³/mol. The minimum atomic E-state index is -0.0538. The summed E-state index contributed by atoms with van der Waals surface area (Å²) in [5.41, 5.74) is 4.32. The lowest BCUT2D eigenvalue weighted by Crippen LogP contribution is -2.05. The van der Waals surface area contributed by atoms with Gasteiger partial charge in [0.05, 0.1) is 0 Å². The van der Waals surface area contributed by atoms with Crippen molar-refractivity contribution in [1.29, 1.82) is 0 Å². The molecule has 0 radical (unpaired) electrons. The quantitative estimate of drug-likeness (QED) is 0.801. The molecule has 0 aromatic heterocycles. The molecule has 2 N–H and O–H groups in total. The van der Waals surface area contributed by atoms with Crippen molar-refractivity contribution in [2.75, 3.05) is 24.5 Å².